The summed E-state index contributed by atoms with van der Waals surface area (Å²) in [7, 11) is 0. The van der Waals surface area contributed by atoms with E-state index in [0.29, 0.717) is 18.6 Å². The second-order valence-electron chi connectivity index (χ2n) is 6.36. The Hall–Kier alpha value is -0.610. The van der Waals surface area contributed by atoms with E-state index >= 15 is 0 Å². The van der Waals surface area contributed by atoms with Crippen molar-refractivity contribution in [2.24, 2.45) is 5.41 Å². The van der Waals surface area contributed by atoms with E-state index in [0.717, 1.165) is 13.1 Å². The molecule has 1 fully saturated rings. The molecule has 0 spiro atoms. The van der Waals surface area contributed by atoms with Crippen molar-refractivity contribution < 1.29 is 9.90 Å². The van der Waals surface area contributed by atoms with E-state index in [4.69, 9.17) is 0 Å². The van der Waals surface area contributed by atoms with Crippen molar-refractivity contribution >= 4 is 5.97 Å². The highest BCUT2D eigenvalue weighted by atomic mass is 16.4. The summed E-state index contributed by atoms with van der Waals surface area (Å²) in [6, 6.07) is 0.901. The van der Waals surface area contributed by atoms with Gasteiger partial charge in [0.1, 0.15) is 0 Å². The lowest BCUT2D eigenvalue weighted by molar-refractivity contribution is -0.148. The third-order valence-electron chi connectivity index (χ3n) is 3.77. The fraction of sp³-hybridized carbons (Fsp3) is 0.929. The molecule has 1 rings (SSSR count). The monoisotopic (exact) mass is 256 g/mol. The summed E-state index contributed by atoms with van der Waals surface area (Å²) < 4.78 is 0. The van der Waals surface area contributed by atoms with Crippen LogP contribution < -0.4 is 5.32 Å². The molecular formula is C14H28N2O2. The van der Waals surface area contributed by atoms with E-state index in [2.05, 4.69) is 24.1 Å². The van der Waals surface area contributed by atoms with Gasteiger partial charge in [0, 0.05) is 25.2 Å². The number of piperidine rings is 1. The number of rotatable bonds is 6. The third kappa shape index (κ3) is 4.58. The standard InChI is InChI=1S/C14H28N2O2/c1-11(2)16(10-14(3,4)13(17)18)9-12-7-5-6-8-15-12/h11-12,15H,5-10H2,1-4H3,(H,17,18). The smallest absolute Gasteiger partial charge is 0.310 e. The molecule has 1 aliphatic rings. The SMILES string of the molecule is CC(C)N(CC1CCCCN1)CC(C)(C)C(=O)O. The molecule has 2 N–H and O–H groups in total. The number of nitrogens with zero attached hydrogens (tertiary/aromatic N) is 1. The average molecular weight is 256 g/mol. The molecule has 1 unspecified atom stereocenters. The Morgan fingerprint density at radius 1 is 1.44 bits per heavy atom. The van der Waals surface area contributed by atoms with Crippen molar-refractivity contribution in [3.8, 4) is 0 Å². The van der Waals surface area contributed by atoms with Crippen molar-refractivity contribution in [3.05, 3.63) is 0 Å². The summed E-state index contributed by atoms with van der Waals surface area (Å²) >= 11 is 0. The van der Waals surface area contributed by atoms with Gasteiger partial charge in [0.2, 0.25) is 0 Å². The zero-order chi connectivity index (χ0) is 13.8. The first kappa shape index (κ1) is 15.4. The van der Waals surface area contributed by atoms with Crippen molar-refractivity contribution in [2.75, 3.05) is 19.6 Å². The van der Waals surface area contributed by atoms with Gasteiger partial charge in [0.15, 0.2) is 0 Å². The number of hydrogen-bond donors (Lipinski definition) is 2. The number of nitrogens with one attached hydrogen (secondary N) is 1. The molecule has 0 aromatic heterocycles. The molecule has 0 bridgehead atoms. The summed E-state index contributed by atoms with van der Waals surface area (Å²) in [5.74, 6) is -0.718. The fourth-order valence-electron chi connectivity index (χ4n) is 2.40. The van der Waals surface area contributed by atoms with Gasteiger partial charge in [-0.1, -0.05) is 6.42 Å². The lowest BCUT2D eigenvalue weighted by Gasteiger charge is -2.36. The Bertz CT molecular complexity index is 271. The second-order valence-corrected chi connectivity index (χ2v) is 6.36. The largest absolute Gasteiger partial charge is 0.481 e. The molecule has 0 saturated carbocycles. The molecule has 1 aliphatic heterocycles. The highest BCUT2D eigenvalue weighted by Crippen LogP contribution is 2.20. The van der Waals surface area contributed by atoms with Crippen LogP contribution in [-0.2, 0) is 4.79 Å². The van der Waals surface area contributed by atoms with E-state index in [1.54, 1.807) is 13.8 Å². The Morgan fingerprint density at radius 2 is 2.11 bits per heavy atom. The van der Waals surface area contributed by atoms with Gasteiger partial charge >= 0.3 is 5.97 Å². The molecule has 0 aromatic carbocycles. The van der Waals surface area contributed by atoms with E-state index in [1.165, 1.54) is 19.3 Å². The van der Waals surface area contributed by atoms with Crippen LogP contribution in [0.25, 0.3) is 0 Å². The zero-order valence-electron chi connectivity index (χ0n) is 12.2. The predicted molar refractivity (Wildman–Crippen MR) is 73.8 cm³/mol. The number of carbonyl (C=O) groups is 1. The zero-order valence-corrected chi connectivity index (χ0v) is 12.2. The van der Waals surface area contributed by atoms with E-state index < -0.39 is 11.4 Å². The highest BCUT2D eigenvalue weighted by molar-refractivity contribution is 5.73. The number of hydrogen-bond acceptors (Lipinski definition) is 3. The van der Waals surface area contributed by atoms with Gasteiger partial charge < -0.3 is 10.4 Å². The first-order valence-electron chi connectivity index (χ1n) is 7.04. The Morgan fingerprint density at radius 3 is 2.56 bits per heavy atom. The Labute approximate surface area is 111 Å². The molecule has 0 aliphatic carbocycles. The van der Waals surface area contributed by atoms with E-state index in [9.17, 15) is 9.90 Å². The molecule has 0 aromatic rings. The molecule has 1 saturated heterocycles. The molecule has 0 amide bonds. The molecule has 4 nitrogen and oxygen atoms in total. The summed E-state index contributed by atoms with van der Waals surface area (Å²) in [5, 5.41) is 12.8. The highest BCUT2D eigenvalue weighted by Gasteiger charge is 2.31. The van der Waals surface area contributed by atoms with Crippen molar-refractivity contribution in [2.45, 2.75) is 59.0 Å². The summed E-state index contributed by atoms with van der Waals surface area (Å²) in [4.78, 5) is 13.5. The minimum atomic E-state index is -0.718. The molecule has 1 atom stereocenters. The van der Waals surface area contributed by atoms with E-state index in [-0.39, 0.29) is 0 Å². The first-order chi connectivity index (χ1) is 8.33. The number of carboxylic acid groups (broad SMARTS) is 1. The average Bonchev–Trinajstić information content (AvgIpc) is 2.29. The fourth-order valence-corrected chi connectivity index (χ4v) is 2.40. The third-order valence-corrected chi connectivity index (χ3v) is 3.77. The van der Waals surface area contributed by atoms with Gasteiger partial charge in [-0.2, -0.15) is 0 Å². The van der Waals surface area contributed by atoms with Gasteiger partial charge in [-0.15, -0.1) is 0 Å². The van der Waals surface area contributed by atoms with Crippen LogP contribution in [-0.4, -0.2) is 47.7 Å². The van der Waals surface area contributed by atoms with Gasteiger partial charge in [-0.25, -0.2) is 0 Å². The second kappa shape index (κ2) is 6.53. The maximum atomic E-state index is 11.2. The summed E-state index contributed by atoms with van der Waals surface area (Å²) in [5.41, 5.74) is -0.682. The van der Waals surface area contributed by atoms with Crippen LogP contribution in [0.15, 0.2) is 0 Å². The predicted octanol–water partition coefficient (Wildman–Crippen LogP) is 1.95. The number of aliphatic carboxylic acids is 1. The maximum Gasteiger partial charge on any atom is 0.310 e. The van der Waals surface area contributed by atoms with Crippen molar-refractivity contribution in [3.63, 3.8) is 0 Å². The van der Waals surface area contributed by atoms with Crippen LogP contribution in [0.5, 0.6) is 0 Å². The first-order valence-corrected chi connectivity index (χ1v) is 7.04. The van der Waals surface area contributed by atoms with E-state index in [1.807, 2.05) is 0 Å². The Kier molecular flexibility index (Phi) is 5.60. The van der Waals surface area contributed by atoms with Crippen LogP contribution in [0.2, 0.25) is 0 Å². The van der Waals surface area contributed by atoms with Crippen LogP contribution in [0.4, 0.5) is 0 Å². The summed E-state index contributed by atoms with van der Waals surface area (Å²) in [6.07, 6.45) is 3.75. The van der Waals surface area contributed by atoms with Gasteiger partial charge in [-0.05, 0) is 47.1 Å². The van der Waals surface area contributed by atoms with Crippen LogP contribution in [0, 0.1) is 5.41 Å². The topological polar surface area (TPSA) is 52.6 Å². The molecule has 18 heavy (non-hydrogen) atoms. The van der Waals surface area contributed by atoms with Gasteiger partial charge in [-0.3, -0.25) is 9.69 Å². The van der Waals surface area contributed by atoms with Crippen molar-refractivity contribution in [1.82, 2.24) is 10.2 Å². The molecule has 1 heterocycles. The lowest BCUT2D eigenvalue weighted by Crippen LogP contribution is -2.49. The molecular weight excluding hydrogens is 228 g/mol. The molecule has 4 heteroatoms. The minimum absolute atomic E-state index is 0.382. The summed E-state index contributed by atoms with van der Waals surface area (Å²) in [6.45, 7) is 10.5. The van der Waals surface area contributed by atoms with Gasteiger partial charge in [0.25, 0.3) is 0 Å². The lowest BCUT2D eigenvalue weighted by atomic mass is 9.92. The van der Waals surface area contributed by atoms with Gasteiger partial charge in [0.05, 0.1) is 5.41 Å². The van der Waals surface area contributed by atoms with Crippen LogP contribution >= 0.6 is 0 Å². The maximum absolute atomic E-state index is 11.2. The van der Waals surface area contributed by atoms with Crippen LogP contribution in [0.1, 0.15) is 47.0 Å². The van der Waals surface area contributed by atoms with Crippen LogP contribution in [0.3, 0.4) is 0 Å². The minimum Gasteiger partial charge on any atom is -0.481 e. The Balaban J connectivity index is 2.56. The quantitative estimate of drug-likeness (QED) is 0.762. The molecule has 0 radical (unpaired) electrons. The van der Waals surface area contributed by atoms with Crippen molar-refractivity contribution in [1.29, 1.82) is 0 Å². The molecule has 106 valence electrons. The number of carboxylic acids is 1. The normalized spacial score (nSPS) is 21.6.